The Morgan fingerprint density at radius 2 is 1.17 bits per heavy atom. The average Bonchev–Trinajstić information content (AvgIpc) is 3.46. The van der Waals surface area contributed by atoms with Crippen molar-refractivity contribution >= 4 is 47.2 Å². The molecule has 0 aliphatic carbocycles. The molecule has 0 spiro atoms. The second kappa shape index (κ2) is 27.3. The second-order valence-corrected chi connectivity index (χ2v) is 19.5. The summed E-state index contributed by atoms with van der Waals surface area (Å²) in [4.78, 5) is 59.7. The molecular weight excluding hydrogens is 977 g/mol. The lowest BCUT2D eigenvalue weighted by molar-refractivity contribution is -0.130. The summed E-state index contributed by atoms with van der Waals surface area (Å²) < 4.78 is 28.2. The van der Waals surface area contributed by atoms with Crippen LogP contribution in [0.25, 0.3) is 0 Å². The van der Waals surface area contributed by atoms with Crippen molar-refractivity contribution in [2.24, 2.45) is 0 Å². The van der Waals surface area contributed by atoms with Crippen molar-refractivity contribution in [3.8, 4) is 17.2 Å². The standard InChI is InChI=1S/C62H64N4O9S/c1-4-5-6-19-34-66-54-32-33-55(72-3)51(58(54)76-56-39-50(71-2)38-48(57(56)66)35-43-20-11-7-12-21-43)40-63-59(67)52(36-44-22-13-8-14-23-44)64-60(68)53(65-61(69)73-41-46-24-15-9-16-25-46)37-45-28-30-49(31-29-45)75-62(70)74-42-47-26-17-10-18-27-47/h7-18,20-33,38-39,52-53H,4-6,19,34-37,40-42H2,1-3H3,(H,63,67)(H,64,68)(H,65,69)/t52-,53-/m0/s1. The van der Waals surface area contributed by atoms with Gasteiger partial charge in [-0.3, -0.25) is 9.59 Å². The fourth-order valence-corrected chi connectivity index (χ4v) is 10.4. The Morgan fingerprint density at radius 1 is 0.579 bits per heavy atom. The summed E-state index contributed by atoms with van der Waals surface area (Å²) in [6.45, 7) is 3.10. The Hall–Kier alpha value is -8.23. The van der Waals surface area contributed by atoms with Crippen molar-refractivity contribution in [1.82, 2.24) is 16.0 Å². The van der Waals surface area contributed by atoms with Gasteiger partial charge in [0, 0.05) is 41.3 Å². The molecule has 0 fully saturated rings. The van der Waals surface area contributed by atoms with Gasteiger partial charge in [-0.2, -0.15) is 0 Å². The maximum absolute atomic E-state index is 14.7. The molecular formula is C62H64N4O9S. The van der Waals surface area contributed by atoms with E-state index in [4.69, 9.17) is 23.7 Å². The van der Waals surface area contributed by atoms with Gasteiger partial charge in [0.2, 0.25) is 11.8 Å². The Morgan fingerprint density at radius 3 is 1.79 bits per heavy atom. The summed E-state index contributed by atoms with van der Waals surface area (Å²) in [5, 5.41) is 8.90. The molecule has 7 aromatic carbocycles. The van der Waals surface area contributed by atoms with Crippen LogP contribution in [0.5, 0.6) is 17.2 Å². The zero-order valence-corrected chi connectivity index (χ0v) is 43.9. The van der Waals surface area contributed by atoms with Crippen LogP contribution in [0, 0.1) is 0 Å². The molecule has 14 heteroatoms. The molecule has 8 rings (SSSR count). The lowest BCUT2D eigenvalue weighted by atomic mass is 10.0. The van der Waals surface area contributed by atoms with E-state index in [1.807, 2.05) is 103 Å². The van der Waals surface area contributed by atoms with Crippen molar-refractivity contribution < 1.29 is 42.9 Å². The molecule has 0 unspecified atom stereocenters. The summed E-state index contributed by atoms with van der Waals surface area (Å²) in [5.74, 6) is 0.536. The van der Waals surface area contributed by atoms with Gasteiger partial charge in [-0.15, -0.1) is 0 Å². The molecule has 1 aliphatic rings. The van der Waals surface area contributed by atoms with Crippen molar-refractivity contribution in [3.05, 3.63) is 209 Å². The van der Waals surface area contributed by atoms with Gasteiger partial charge < -0.3 is 44.5 Å². The summed E-state index contributed by atoms with van der Waals surface area (Å²) >= 11 is 1.63. The monoisotopic (exact) mass is 1040 g/mol. The van der Waals surface area contributed by atoms with Crippen LogP contribution in [0.4, 0.5) is 21.0 Å². The Bertz CT molecular complexity index is 3020. The number of methoxy groups -OCH3 is 2. The molecule has 0 bridgehead atoms. The van der Waals surface area contributed by atoms with E-state index in [1.165, 1.54) is 5.56 Å². The molecule has 3 N–H and O–H groups in total. The minimum Gasteiger partial charge on any atom is -0.497 e. The van der Waals surface area contributed by atoms with Crippen LogP contribution in [-0.4, -0.2) is 56.9 Å². The fourth-order valence-electron chi connectivity index (χ4n) is 9.05. The third kappa shape index (κ3) is 15.0. The van der Waals surface area contributed by atoms with Crippen LogP contribution < -0.4 is 35.1 Å². The molecule has 2 atom stereocenters. The van der Waals surface area contributed by atoms with Crippen molar-refractivity contribution in [2.45, 2.75) is 93.5 Å². The van der Waals surface area contributed by atoms with Gasteiger partial charge in [-0.05, 0) is 82.6 Å². The van der Waals surface area contributed by atoms with Crippen molar-refractivity contribution in [1.29, 1.82) is 0 Å². The fraction of sp³-hybridized carbons (Fsp3) is 0.258. The van der Waals surface area contributed by atoms with Crippen LogP contribution in [-0.2, 0) is 58.1 Å². The first-order chi connectivity index (χ1) is 37.2. The highest BCUT2D eigenvalue weighted by Crippen LogP contribution is 2.54. The molecule has 0 saturated heterocycles. The number of nitrogens with one attached hydrogen (secondary N) is 3. The van der Waals surface area contributed by atoms with Gasteiger partial charge in [0.25, 0.3) is 0 Å². The van der Waals surface area contributed by atoms with E-state index in [0.717, 1.165) is 93.4 Å². The minimum absolute atomic E-state index is 0.00349. The third-order valence-corrected chi connectivity index (χ3v) is 14.2. The highest BCUT2D eigenvalue weighted by atomic mass is 32.2. The van der Waals surface area contributed by atoms with E-state index in [1.54, 1.807) is 50.2 Å². The van der Waals surface area contributed by atoms with Crippen molar-refractivity contribution in [3.63, 3.8) is 0 Å². The van der Waals surface area contributed by atoms with E-state index in [0.29, 0.717) is 11.3 Å². The number of unbranched alkanes of at least 4 members (excludes halogenated alkanes) is 3. The molecule has 1 heterocycles. The smallest absolute Gasteiger partial charge is 0.497 e. The lowest BCUT2D eigenvalue weighted by Gasteiger charge is -2.36. The number of hydrogen-bond acceptors (Lipinski definition) is 11. The number of amides is 3. The number of alkyl carbamates (subject to hydrolysis) is 1. The first kappa shape index (κ1) is 54.0. The Kier molecular flexibility index (Phi) is 19.4. The summed E-state index contributed by atoms with van der Waals surface area (Å²) in [6, 6.07) is 50.8. The van der Waals surface area contributed by atoms with Gasteiger partial charge in [0.15, 0.2) is 0 Å². The number of nitrogens with zero attached hydrogens (tertiary/aromatic N) is 1. The molecule has 0 saturated carbocycles. The van der Waals surface area contributed by atoms with Gasteiger partial charge in [0.1, 0.15) is 42.5 Å². The Labute approximate surface area is 449 Å². The first-order valence-electron chi connectivity index (χ1n) is 25.6. The molecule has 1 aliphatic heterocycles. The topological polar surface area (TPSA) is 154 Å². The molecule has 7 aromatic rings. The number of rotatable bonds is 24. The summed E-state index contributed by atoms with van der Waals surface area (Å²) in [7, 11) is 3.31. The quantitative estimate of drug-likeness (QED) is 0.0301. The molecule has 392 valence electrons. The Balaban J connectivity index is 1.04. The van der Waals surface area contributed by atoms with E-state index in [-0.39, 0.29) is 38.3 Å². The van der Waals surface area contributed by atoms with Gasteiger partial charge >= 0.3 is 12.2 Å². The highest BCUT2D eigenvalue weighted by molar-refractivity contribution is 7.99. The number of hydrogen-bond donors (Lipinski definition) is 3. The van der Waals surface area contributed by atoms with Gasteiger partial charge in [0.05, 0.1) is 25.6 Å². The van der Waals surface area contributed by atoms with Crippen LogP contribution in [0.2, 0.25) is 0 Å². The van der Waals surface area contributed by atoms with E-state index in [2.05, 4.69) is 70.2 Å². The maximum Gasteiger partial charge on any atom is 0.514 e. The van der Waals surface area contributed by atoms with E-state index >= 15 is 0 Å². The van der Waals surface area contributed by atoms with Crippen LogP contribution in [0.3, 0.4) is 0 Å². The number of benzene rings is 7. The zero-order valence-electron chi connectivity index (χ0n) is 43.1. The predicted octanol–water partition coefficient (Wildman–Crippen LogP) is 12.1. The molecule has 76 heavy (non-hydrogen) atoms. The second-order valence-electron chi connectivity index (χ2n) is 18.4. The molecule has 0 aromatic heterocycles. The zero-order chi connectivity index (χ0) is 53.1. The molecule has 13 nitrogen and oxygen atoms in total. The van der Waals surface area contributed by atoms with Crippen LogP contribution >= 0.6 is 11.8 Å². The highest BCUT2D eigenvalue weighted by Gasteiger charge is 2.32. The maximum atomic E-state index is 14.7. The summed E-state index contributed by atoms with van der Waals surface area (Å²) in [5.41, 5.74) is 8.31. The first-order valence-corrected chi connectivity index (χ1v) is 26.5. The predicted molar refractivity (Wildman–Crippen MR) is 295 cm³/mol. The largest absolute Gasteiger partial charge is 0.514 e. The normalized spacial score (nSPS) is 12.2. The van der Waals surface area contributed by atoms with Crippen LogP contribution in [0.1, 0.15) is 71.6 Å². The summed E-state index contributed by atoms with van der Waals surface area (Å²) in [6.07, 6.45) is 3.50. The average molecular weight is 1040 g/mol. The van der Waals surface area contributed by atoms with Gasteiger partial charge in [-0.1, -0.05) is 171 Å². The van der Waals surface area contributed by atoms with Crippen LogP contribution in [0.15, 0.2) is 180 Å². The lowest BCUT2D eigenvalue weighted by Crippen LogP contribution is -2.55. The molecule has 0 radical (unpaired) electrons. The molecule has 3 amide bonds. The number of ether oxygens (including phenoxy) is 5. The number of fused-ring (bicyclic) bond motifs is 2. The SMILES string of the molecule is CCCCCCN1c2ccc(OC)c(CNC(=O)[C@H](Cc3ccccc3)NC(=O)[C@H](Cc3ccc(OC(=O)OCc4ccccc4)cc3)NC(=O)OCc3ccccc3)c2Sc2cc(OC)cc(Cc3ccccc3)c21. The van der Waals surface area contributed by atoms with E-state index < -0.39 is 36.1 Å². The number of carbonyl (C=O) groups is 4. The van der Waals surface area contributed by atoms with Crippen molar-refractivity contribution in [2.75, 3.05) is 25.7 Å². The van der Waals surface area contributed by atoms with E-state index in [9.17, 15) is 19.2 Å². The third-order valence-electron chi connectivity index (χ3n) is 13.0. The van der Waals surface area contributed by atoms with Gasteiger partial charge in [-0.25, -0.2) is 9.59 Å². The number of anilines is 2. The minimum atomic E-state index is -1.19. The number of carbonyl (C=O) groups excluding carboxylic acids is 4.